The summed E-state index contributed by atoms with van der Waals surface area (Å²) in [4.78, 5) is 29.6. The van der Waals surface area contributed by atoms with Gasteiger partial charge in [-0.05, 0) is 52.8 Å². The lowest BCUT2D eigenvalue weighted by Crippen LogP contribution is -2.49. The van der Waals surface area contributed by atoms with Crippen molar-refractivity contribution in [2.75, 3.05) is 44.3 Å². The van der Waals surface area contributed by atoms with E-state index < -0.39 is 0 Å². The summed E-state index contributed by atoms with van der Waals surface area (Å²) in [5, 5.41) is 9.99. The maximum atomic E-state index is 13.0. The monoisotopic (exact) mass is 510 g/mol. The number of rotatable bonds is 5. The van der Waals surface area contributed by atoms with E-state index in [0.29, 0.717) is 56.1 Å². The van der Waals surface area contributed by atoms with Gasteiger partial charge in [-0.25, -0.2) is 4.79 Å². The number of aliphatic hydroxyl groups excluding tert-OH is 1. The highest BCUT2D eigenvalue weighted by Crippen LogP contribution is 2.44. The zero-order valence-electron chi connectivity index (χ0n) is 21.4. The Morgan fingerprint density at radius 3 is 2.29 bits per heavy atom. The number of aliphatic hydroxyl groups is 1. The number of aryl methyl sites for hydroxylation is 1. The van der Waals surface area contributed by atoms with E-state index in [4.69, 9.17) is 9.15 Å². The summed E-state index contributed by atoms with van der Waals surface area (Å²) < 4.78 is 12.0. The van der Waals surface area contributed by atoms with Crippen LogP contribution in [0.15, 0.2) is 75.9 Å². The standard InChI is InChI=1S/C31H30N2O5/c1-20-16-21(10-15-34)30-26(17-20)28(35)18-29(38-30)32-11-13-33(14-12-32)31(36)37-19-27-24-8-4-2-6-22(24)23-7-3-5-9-25(23)27/h2-9,16-18,27,34H,10-15,19H2,1H3. The maximum absolute atomic E-state index is 13.0. The minimum Gasteiger partial charge on any atom is -0.448 e. The number of carbonyl (C=O) groups excluding carboxylic acids is 1. The van der Waals surface area contributed by atoms with Gasteiger partial charge in [-0.1, -0.05) is 54.6 Å². The highest BCUT2D eigenvalue weighted by Gasteiger charge is 2.30. The van der Waals surface area contributed by atoms with E-state index >= 15 is 0 Å². The van der Waals surface area contributed by atoms with Gasteiger partial charge in [0.15, 0.2) is 11.3 Å². The first-order valence-corrected chi connectivity index (χ1v) is 13.1. The van der Waals surface area contributed by atoms with Crippen LogP contribution in [-0.2, 0) is 11.2 Å². The highest BCUT2D eigenvalue weighted by atomic mass is 16.6. The van der Waals surface area contributed by atoms with Crippen LogP contribution in [0.4, 0.5) is 10.7 Å². The van der Waals surface area contributed by atoms with Crippen LogP contribution < -0.4 is 10.3 Å². The molecule has 6 rings (SSSR count). The molecule has 1 aromatic heterocycles. The number of hydrogen-bond acceptors (Lipinski definition) is 6. The topological polar surface area (TPSA) is 83.2 Å². The summed E-state index contributed by atoms with van der Waals surface area (Å²) in [6, 6.07) is 21.9. The second-order valence-electron chi connectivity index (χ2n) is 10.0. The van der Waals surface area contributed by atoms with Crippen LogP contribution in [0, 0.1) is 6.92 Å². The summed E-state index contributed by atoms with van der Waals surface area (Å²) >= 11 is 0. The molecule has 0 bridgehead atoms. The Morgan fingerprint density at radius 1 is 0.974 bits per heavy atom. The summed E-state index contributed by atoms with van der Waals surface area (Å²) in [5.41, 5.74) is 6.96. The van der Waals surface area contributed by atoms with Gasteiger partial charge < -0.3 is 24.1 Å². The van der Waals surface area contributed by atoms with E-state index in [0.717, 1.165) is 11.1 Å². The Labute approximate surface area is 220 Å². The van der Waals surface area contributed by atoms with Crippen molar-refractivity contribution in [3.8, 4) is 11.1 Å². The molecule has 2 heterocycles. The van der Waals surface area contributed by atoms with E-state index in [1.54, 1.807) is 4.90 Å². The lowest BCUT2D eigenvalue weighted by molar-refractivity contribution is 0.0973. The molecule has 1 aliphatic carbocycles. The number of carbonyl (C=O) groups is 1. The Morgan fingerprint density at radius 2 is 1.63 bits per heavy atom. The molecule has 1 aliphatic heterocycles. The number of amides is 1. The van der Waals surface area contributed by atoms with Gasteiger partial charge in [-0.15, -0.1) is 0 Å². The van der Waals surface area contributed by atoms with Crippen molar-refractivity contribution >= 4 is 22.9 Å². The fourth-order valence-corrected chi connectivity index (χ4v) is 5.73. The first-order valence-electron chi connectivity index (χ1n) is 13.1. The average Bonchev–Trinajstić information content (AvgIpc) is 3.26. The smallest absolute Gasteiger partial charge is 0.409 e. The highest BCUT2D eigenvalue weighted by molar-refractivity contribution is 5.82. The first kappa shape index (κ1) is 24.2. The fourth-order valence-electron chi connectivity index (χ4n) is 5.73. The molecular weight excluding hydrogens is 480 g/mol. The molecule has 1 N–H and O–H groups in total. The minimum atomic E-state index is -0.327. The van der Waals surface area contributed by atoms with Crippen LogP contribution in [0.3, 0.4) is 0 Å². The Bertz CT molecular complexity index is 1520. The first-order chi connectivity index (χ1) is 18.5. The van der Waals surface area contributed by atoms with Gasteiger partial charge in [0.2, 0.25) is 0 Å². The van der Waals surface area contributed by atoms with Crippen molar-refractivity contribution in [1.29, 1.82) is 0 Å². The van der Waals surface area contributed by atoms with Crippen molar-refractivity contribution in [2.45, 2.75) is 19.3 Å². The fraction of sp³-hybridized carbons (Fsp3) is 0.290. The molecule has 194 valence electrons. The zero-order chi connectivity index (χ0) is 26.2. The number of ether oxygens (including phenoxy) is 1. The quantitative estimate of drug-likeness (QED) is 0.419. The predicted molar refractivity (Wildman–Crippen MR) is 147 cm³/mol. The van der Waals surface area contributed by atoms with Gasteiger partial charge >= 0.3 is 6.09 Å². The molecule has 0 spiro atoms. The molecule has 7 heteroatoms. The second-order valence-corrected chi connectivity index (χ2v) is 10.0. The number of hydrogen-bond donors (Lipinski definition) is 1. The molecule has 0 radical (unpaired) electrons. The van der Waals surface area contributed by atoms with E-state index in [-0.39, 0.29) is 24.0 Å². The van der Waals surface area contributed by atoms with Gasteiger partial charge in [-0.3, -0.25) is 4.79 Å². The van der Waals surface area contributed by atoms with E-state index in [1.165, 1.54) is 28.3 Å². The number of nitrogens with zero attached hydrogens (tertiary/aromatic N) is 2. The third kappa shape index (κ3) is 4.33. The van der Waals surface area contributed by atoms with Gasteiger partial charge in [-0.2, -0.15) is 0 Å². The number of benzene rings is 3. The summed E-state index contributed by atoms with van der Waals surface area (Å²) in [6.45, 7) is 4.19. The van der Waals surface area contributed by atoms with Gasteiger partial charge in [0.25, 0.3) is 0 Å². The predicted octanol–water partition coefficient (Wildman–Crippen LogP) is 4.71. The van der Waals surface area contributed by atoms with Crippen molar-refractivity contribution in [2.24, 2.45) is 0 Å². The van der Waals surface area contributed by atoms with Gasteiger partial charge in [0, 0.05) is 44.8 Å². The van der Waals surface area contributed by atoms with Crippen LogP contribution in [0.25, 0.3) is 22.1 Å². The van der Waals surface area contributed by atoms with Crippen molar-refractivity contribution in [3.63, 3.8) is 0 Å². The molecule has 7 nitrogen and oxygen atoms in total. The van der Waals surface area contributed by atoms with Crippen LogP contribution in [0.5, 0.6) is 0 Å². The number of anilines is 1. The van der Waals surface area contributed by atoms with Crippen LogP contribution >= 0.6 is 0 Å². The largest absolute Gasteiger partial charge is 0.448 e. The molecule has 2 aliphatic rings. The van der Waals surface area contributed by atoms with E-state index in [1.807, 2.05) is 48.2 Å². The zero-order valence-corrected chi connectivity index (χ0v) is 21.4. The molecule has 0 unspecified atom stereocenters. The summed E-state index contributed by atoms with van der Waals surface area (Å²) in [5.74, 6) is 0.508. The third-order valence-electron chi connectivity index (χ3n) is 7.60. The lowest BCUT2D eigenvalue weighted by Gasteiger charge is -2.34. The normalized spacial score (nSPS) is 15.0. The number of fused-ring (bicyclic) bond motifs is 4. The molecule has 0 atom stereocenters. The molecule has 1 amide bonds. The van der Waals surface area contributed by atoms with Gasteiger partial charge in [0.05, 0.1) is 5.39 Å². The maximum Gasteiger partial charge on any atom is 0.409 e. The third-order valence-corrected chi connectivity index (χ3v) is 7.60. The van der Waals surface area contributed by atoms with Crippen molar-refractivity contribution in [1.82, 2.24) is 4.90 Å². The second kappa shape index (κ2) is 9.99. The van der Waals surface area contributed by atoms with Gasteiger partial charge in [0.1, 0.15) is 12.2 Å². The average molecular weight is 511 g/mol. The van der Waals surface area contributed by atoms with Crippen molar-refractivity contribution < 1.29 is 19.1 Å². The number of piperazine rings is 1. The summed E-state index contributed by atoms with van der Waals surface area (Å²) in [7, 11) is 0. The Hall–Kier alpha value is -4.10. The molecule has 3 aromatic carbocycles. The Balaban J connectivity index is 1.13. The van der Waals surface area contributed by atoms with Crippen LogP contribution in [0.2, 0.25) is 0 Å². The molecule has 1 fully saturated rings. The molecule has 0 saturated carbocycles. The molecule has 4 aromatic rings. The molecular formula is C31H30N2O5. The molecule has 1 saturated heterocycles. The minimum absolute atomic E-state index is 0.0225. The van der Waals surface area contributed by atoms with E-state index in [9.17, 15) is 14.7 Å². The van der Waals surface area contributed by atoms with Crippen molar-refractivity contribution in [3.05, 3.63) is 99.2 Å². The lowest BCUT2D eigenvalue weighted by atomic mass is 9.98. The van der Waals surface area contributed by atoms with Crippen LogP contribution in [0.1, 0.15) is 28.2 Å². The molecule has 38 heavy (non-hydrogen) atoms. The summed E-state index contributed by atoms with van der Waals surface area (Å²) in [6.07, 6.45) is 0.0901. The SMILES string of the molecule is Cc1cc(CCO)c2oc(N3CCN(C(=O)OCC4c5ccccc5-c5ccccc54)CC3)cc(=O)c2c1. The van der Waals surface area contributed by atoms with Crippen LogP contribution in [-0.4, -0.2) is 55.5 Å². The van der Waals surface area contributed by atoms with E-state index in [2.05, 4.69) is 24.3 Å². The Kier molecular flexibility index (Phi) is 6.37.